The molecule has 7 heteroatoms. The lowest BCUT2D eigenvalue weighted by molar-refractivity contribution is 0.179. The van der Waals surface area contributed by atoms with Crippen LogP contribution >= 0.6 is 0 Å². The van der Waals surface area contributed by atoms with E-state index in [1.807, 2.05) is 64.1 Å². The number of aryl methyl sites for hydroxylation is 5. The molecule has 1 fully saturated rings. The van der Waals surface area contributed by atoms with Gasteiger partial charge in [-0.15, -0.1) is 0 Å². The molecule has 4 rings (SSSR count). The van der Waals surface area contributed by atoms with Gasteiger partial charge in [-0.05, 0) is 57.9 Å². The van der Waals surface area contributed by atoms with Gasteiger partial charge in [-0.2, -0.15) is 4.31 Å². The number of rotatable bonds is 5. The molecular weight excluding hydrogens is 422 g/mol. The second-order valence-electron chi connectivity index (χ2n) is 8.80. The van der Waals surface area contributed by atoms with Crippen LogP contribution < -0.4 is 0 Å². The van der Waals surface area contributed by atoms with Gasteiger partial charge in [-0.1, -0.05) is 35.4 Å². The third-order valence-corrected chi connectivity index (χ3v) is 8.30. The smallest absolute Gasteiger partial charge is 0.243 e. The molecule has 0 bridgehead atoms. The molecule has 0 N–H and O–H groups in total. The second-order valence-corrected chi connectivity index (χ2v) is 10.7. The SMILES string of the molecule is Cc1ccc(-c2nc(CN3CCN(S(=O)(=O)c4c(C)cc(C)cc4C)CC3)c(C)o2)cc1. The second kappa shape index (κ2) is 8.81. The first-order valence-electron chi connectivity index (χ1n) is 11.0. The molecule has 0 unspecified atom stereocenters. The third-order valence-electron chi connectivity index (χ3n) is 6.10. The molecule has 6 nitrogen and oxygen atoms in total. The monoisotopic (exact) mass is 453 g/mol. The number of aromatic nitrogens is 1. The van der Waals surface area contributed by atoms with Crippen LogP contribution in [-0.4, -0.2) is 48.8 Å². The summed E-state index contributed by atoms with van der Waals surface area (Å²) >= 11 is 0. The standard InChI is InChI=1S/C25H31N3O3S/c1-17-6-8-22(9-7-17)25-26-23(21(5)31-25)16-27-10-12-28(13-11-27)32(29,30)24-19(3)14-18(2)15-20(24)4/h6-9,14-15H,10-13,16H2,1-5H3. The van der Waals surface area contributed by atoms with Crippen LogP contribution in [0.5, 0.6) is 0 Å². The molecule has 1 aliphatic rings. The number of sulfonamides is 1. The van der Waals surface area contributed by atoms with Crippen LogP contribution in [0.3, 0.4) is 0 Å². The molecule has 170 valence electrons. The summed E-state index contributed by atoms with van der Waals surface area (Å²) in [4.78, 5) is 7.40. The van der Waals surface area contributed by atoms with Crippen LogP contribution in [0.15, 0.2) is 45.7 Å². The van der Waals surface area contributed by atoms with E-state index in [0.29, 0.717) is 43.5 Å². The average Bonchev–Trinajstić information content (AvgIpc) is 3.08. The van der Waals surface area contributed by atoms with Crippen molar-refractivity contribution in [3.63, 3.8) is 0 Å². The van der Waals surface area contributed by atoms with Crippen LogP contribution in [0.25, 0.3) is 11.5 Å². The van der Waals surface area contributed by atoms with E-state index in [1.165, 1.54) is 5.56 Å². The van der Waals surface area contributed by atoms with Crippen LogP contribution in [-0.2, 0) is 16.6 Å². The molecule has 2 aromatic carbocycles. The maximum absolute atomic E-state index is 13.3. The van der Waals surface area contributed by atoms with Crippen LogP contribution in [0.4, 0.5) is 0 Å². The van der Waals surface area contributed by atoms with Gasteiger partial charge in [0.1, 0.15) is 5.76 Å². The van der Waals surface area contributed by atoms with E-state index in [2.05, 4.69) is 11.8 Å². The summed E-state index contributed by atoms with van der Waals surface area (Å²) in [6.07, 6.45) is 0. The lowest BCUT2D eigenvalue weighted by atomic mass is 10.1. The largest absolute Gasteiger partial charge is 0.441 e. The van der Waals surface area contributed by atoms with Gasteiger partial charge in [-0.3, -0.25) is 4.90 Å². The third kappa shape index (κ3) is 4.51. The maximum atomic E-state index is 13.3. The molecule has 0 radical (unpaired) electrons. The molecule has 0 aliphatic carbocycles. The number of oxazole rings is 1. The van der Waals surface area contributed by atoms with E-state index in [1.54, 1.807) is 4.31 Å². The fraction of sp³-hybridized carbons (Fsp3) is 0.400. The van der Waals surface area contributed by atoms with Crippen LogP contribution in [0, 0.1) is 34.6 Å². The van der Waals surface area contributed by atoms with Crippen molar-refractivity contribution in [2.24, 2.45) is 0 Å². The number of benzene rings is 2. The molecule has 0 amide bonds. The van der Waals surface area contributed by atoms with Gasteiger partial charge < -0.3 is 4.42 Å². The van der Waals surface area contributed by atoms with Gasteiger partial charge in [0.15, 0.2) is 0 Å². The number of piperazine rings is 1. The molecular formula is C25H31N3O3S. The van der Waals surface area contributed by atoms with E-state index in [0.717, 1.165) is 33.7 Å². The van der Waals surface area contributed by atoms with E-state index in [-0.39, 0.29) is 0 Å². The molecule has 0 atom stereocenters. The normalized spacial score (nSPS) is 15.9. The molecule has 3 aromatic rings. The van der Waals surface area contributed by atoms with Gasteiger partial charge in [0.25, 0.3) is 0 Å². The quantitative estimate of drug-likeness (QED) is 0.573. The minimum atomic E-state index is -3.51. The molecule has 1 aromatic heterocycles. The highest BCUT2D eigenvalue weighted by atomic mass is 32.2. The topological polar surface area (TPSA) is 66.7 Å². The first-order valence-corrected chi connectivity index (χ1v) is 12.4. The van der Waals surface area contributed by atoms with Crippen molar-refractivity contribution in [3.05, 3.63) is 70.1 Å². The van der Waals surface area contributed by atoms with Crippen LogP contribution in [0.2, 0.25) is 0 Å². The Morgan fingerprint density at radius 1 is 0.875 bits per heavy atom. The lowest BCUT2D eigenvalue weighted by Gasteiger charge is -2.34. The maximum Gasteiger partial charge on any atom is 0.243 e. The summed E-state index contributed by atoms with van der Waals surface area (Å²) in [5, 5.41) is 0. The summed E-state index contributed by atoms with van der Waals surface area (Å²) in [5.41, 5.74) is 5.77. The van der Waals surface area contributed by atoms with E-state index in [4.69, 9.17) is 9.40 Å². The van der Waals surface area contributed by atoms with Gasteiger partial charge in [0, 0.05) is 38.3 Å². The Balaban J connectivity index is 1.44. The van der Waals surface area contributed by atoms with E-state index in [9.17, 15) is 8.42 Å². The predicted octanol–water partition coefficient (Wildman–Crippen LogP) is 4.39. The first kappa shape index (κ1) is 22.7. The highest BCUT2D eigenvalue weighted by molar-refractivity contribution is 7.89. The number of nitrogens with zero attached hydrogens (tertiary/aromatic N) is 3. The van der Waals surface area contributed by atoms with Gasteiger partial charge >= 0.3 is 0 Å². The molecule has 2 heterocycles. The Hall–Kier alpha value is -2.48. The lowest BCUT2D eigenvalue weighted by Crippen LogP contribution is -2.48. The molecule has 1 aliphatic heterocycles. The Morgan fingerprint density at radius 3 is 2.06 bits per heavy atom. The van der Waals surface area contributed by atoms with Crippen LogP contribution in [0.1, 0.15) is 33.7 Å². The Bertz CT molecular complexity index is 1200. The highest BCUT2D eigenvalue weighted by Gasteiger charge is 2.31. The minimum absolute atomic E-state index is 0.451. The molecule has 1 saturated heterocycles. The minimum Gasteiger partial charge on any atom is -0.441 e. The van der Waals surface area contributed by atoms with Crippen molar-refractivity contribution in [2.75, 3.05) is 26.2 Å². The highest BCUT2D eigenvalue weighted by Crippen LogP contribution is 2.27. The molecule has 0 spiro atoms. The predicted molar refractivity (Wildman–Crippen MR) is 126 cm³/mol. The zero-order valence-corrected chi connectivity index (χ0v) is 20.3. The number of hydrogen-bond donors (Lipinski definition) is 0. The van der Waals surface area contributed by atoms with Crippen molar-refractivity contribution in [1.82, 2.24) is 14.2 Å². The fourth-order valence-corrected chi connectivity index (χ4v) is 6.27. The summed E-state index contributed by atoms with van der Waals surface area (Å²) in [5.74, 6) is 1.44. The summed E-state index contributed by atoms with van der Waals surface area (Å²) in [6.45, 7) is 12.6. The summed E-state index contributed by atoms with van der Waals surface area (Å²) in [6, 6.07) is 12.0. The average molecular weight is 454 g/mol. The van der Waals surface area contributed by atoms with Gasteiger partial charge in [0.05, 0.1) is 10.6 Å². The van der Waals surface area contributed by atoms with E-state index >= 15 is 0 Å². The fourth-order valence-electron chi connectivity index (χ4n) is 4.44. The first-order chi connectivity index (χ1) is 15.1. The van der Waals surface area contributed by atoms with Crippen molar-refractivity contribution in [2.45, 2.75) is 46.1 Å². The van der Waals surface area contributed by atoms with Crippen molar-refractivity contribution < 1.29 is 12.8 Å². The van der Waals surface area contributed by atoms with Crippen molar-refractivity contribution in [3.8, 4) is 11.5 Å². The van der Waals surface area contributed by atoms with Crippen molar-refractivity contribution >= 4 is 10.0 Å². The summed E-state index contributed by atoms with van der Waals surface area (Å²) < 4.78 is 34.2. The molecule has 32 heavy (non-hydrogen) atoms. The Kier molecular flexibility index (Phi) is 6.25. The van der Waals surface area contributed by atoms with Gasteiger partial charge in [0.2, 0.25) is 15.9 Å². The van der Waals surface area contributed by atoms with E-state index < -0.39 is 10.0 Å². The Labute approximate surface area is 190 Å². The van der Waals surface area contributed by atoms with Crippen molar-refractivity contribution in [1.29, 1.82) is 0 Å². The number of hydrogen-bond acceptors (Lipinski definition) is 5. The Morgan fingerprint density at radius 2 is 1.47 bits per heavy atom. The van der Waals surface area contributed by atoms with Gasteiger partial charge in [-0.25, -0.2) is 13.4 Å². The zero-order valence-electron chi connectivity index (χ0n) is 19.5. The molecule has 0 saturated carbocycles. The summed E-state index contributed by atoms with van der Waals surface area (Å²) in [7, 11) is -3.51. The zero-order chi connectivity index (χ0) is 23.0.